The van der Waals surface area contributed by atoms with Gasteiger partial charge in [-0.25, -0.2) is 9.07 Å². The molecule has 0 bridgehead atoms. The van der Waals surface area contributed by atoms with Crippen LogP contribution in [0.2, 0.25) is 0 Å². The SMILES string of the molecule is CC(C)c1nn(-c2ccccc2)c(-c2ccc(F)cc2)c1C#CP(=O)(O)CC(O)CC(=O)O. The number of benzene rings is 2. The molecule has 0 aliphatic rings. The highest BCUT2D eigenvalue weighted by atomic mass is 31.2. The smallest absolute Gasteiger partial charge is 0.305 e. The molecule has 0 aliphatic heterocycles. The van der Waals surface area contributed by atoms with Crippen molar-refractivity contribution in [2.75, 3.05) is 6.16 Å². The number of aliphatic carboxylic acids is 1. The van der Waals surface area contributed by atoms with Crippen LogP contribution in [-0.2, 0) is 9.36 Å². The van der Waals surface area contributed by atoms with Crippen molar-refractivity contribution < 1.29 is 28.9 Å². The summed E-state index contributed by atoms with van der Waals surface area (Å²) in [6, 6.07) is 15.0. The summed E-state index contributed by atoms with van der Waals surface area (Å²) in [4.78, 5) is 21.0. The summed E-state index contributed by atoms with van der Waals surface area (Å²) in [5.41, 5.74) is 5.20. The Hall–Kier alpha value is -3.24. The van der Waals surface area contributed by atoms with Gasteiger partial charge in [-0.2, -0.15) is 5.10 Å². The summed E-state index contributed by atoms with van der Waals surface area (Å²) in [6.07, 6.45) is -2.82. The minimum atomic E-state index is -4.17. The van der Waals surface area contributed by atoms with E-state index in [0.717, 1.165) is 5.69 Å². The van der Waals surface area contributed by atoms with E-state index in [-0.39, 0.29) is 5.92 Å². The summed E-state index contributed by atoms with van der Waals surface area (Å²) in [5.74, 6) is 0.992. The van der Waals surface area contributed by atoms with Crippen molar-refractivity contribution in [3.05, 3.63) is 71.7 Å². The van der Waals surface area contributed by atoms with Crippen molar-refractivity contribution in [2.24, 2.45) is 0 Å². The van der Waals surface area contributed by atoms with Gasteiger partial charge in [-0.05, 0) is 48.0 Å². The van der Waals surface area contributed by atoms with Gasteiger partial charge in [-0.1, -0.05) is 38.0 Å². The zero-order chi connectivity index (χ0) is 24.2. The second-order valence-corrected chi connectivity index (χ2v) is 9.88. The number of para-hydroxylation sites is 1. The highest BCUT2D eigenvalue weighted by Gasteiger charge is 2.25. The molecular formula is C24H24FN2O5P. The molecule has 0 amide bonds. The number of aliphatic hydroxyl groups excluding tert-OH is 1. The number of carbonyl (C=O) groups is 1. The molecule has 3 rings (SSSR count). The molecule has 9 heteroatoms. The zero-order valence-electron chi connectivity index (χ0n) is 18.1. The van der Waals surface area contributed by atoms with Gasteiger partial charge in [-0.15, -0.1) is 0 Å². The molecule has 0 fully saturated rings. The fourth-order valence-electron chi connectivity index (χ4n) is 3.33. The number of hydrogen-bond donors (Lipinski definition) is 3. The lowest BCUT2D eigenvalue weighted by Gasteiger charge is -2.10. The van der Waals surface area contributed by atoms with E-state index in [1.54, 1.807) is 16.8 Å². The number of carboxylic acids is 1. The van der Waals surface area contributed by atoms with Crippen LogP contribution >= 0.6 is 7.37 Å². The van der Waals surface area contributed by atoms with Gasteiger partial charge in [0, 0.05) is 5.56 Å². The first-order valence-electron chi connectivity index (χ1n) is 10.3. The molecule has 2 atom stereocenters. The fourth-order valence-corrected chi connectivity index (χ4v) is 4.41. The maximum atomic E-state index is 13.6. The summed E-state index contributed by atoms with van der Waals surface area (Å²) in [5, 5.41) is 23.2. The lowest BCUT2D eigenvalue weighted by atomic mass is 10.0. The third-order valence-electron chi connectivity index (χ3n) is 4.80. The van der Waals surface area contributed by atoms with Crippen molar-refractivity contribution in [1.82, 2.24) is 9.78 Å². The molecule has 33 heavy (non-hydrogen) atoms. The Balaban J connectivity index is 2.17. The van der Waals surface area contributed by atoms with E-state index in [4.69, 9.17) is 10.2 Å². The maximum absolute atomic E-state index is 13.6. The van der Waals surface area contributed by atoms with Gasteiger partial charge in [0.1, 0.15) is 5.82 Å². The van der Waals surface area contributed by atoms with E-state index >= 15 is 0 Å². The van der Waals surface area contributed by atoms with Crippen molar-refractivity contribution in [3.63, 3.8) is 0 Å². The third-order valence-corrected chi connectivity index (χ3v) is 6.18. The molecule has 0 aliphatic carbocycles. The second-order valence-electron chi connectivity index (χ2n) is 7.89. The summed E-state index contributed by atoms with van der Waals surface area (Å²) < 4.78 is 27.8. The molecule has 2 unspecified atom stereocenters. The van der Waals surface area contributed by atoms with Crippen molar-refractivity contribution in [2.45, 2.75) is 32.3 Å². The Morgan fingerprint density at radius 1 is 1.15 bits per heavy atom. The molecule has 0 saturated carbocycles. The third kappa shape index (κ3) is 6.17. The molecule has 1 aromatic heterocycles. The van der Waals surface area contributed by atoms with Crippen LogP contribution in [0.3, 0.4) is 0 Å². The van der Waals surface area contributed by atoms with Crippen LogP contribution in [-0.4, -0.2) is 43.1 Å². The van der Waals surface area contributed by atoms with Gasteiger partial charge < -0.3 is 15.1 Å². The Labute approximate surface area is 191 Å². The van der Waals surface area contributed by atoms with Crippen LogP contribution in [0.4, 0.5) is 4.39 Å². The average Bonchev–Trinajstić information content (AvgIpc) is 3.12. The molecule has 0 spiro atoms. The van der Waals surface area contributed by atoms with Crippen LogP contribution in [0.5, 0.6) is 0 Å². The van der Waals surface area contributed by atoms with Gasteiger partial charge in [0.2, 0.25) is 0 Å². The predicted octanol–water partition coefficient (Wildman–Crippen LogP) is 4.22. The molecule has 2 aromatic carbocycles. The second kappa shape index (κ2) is 10.1. The topological polar surface area (TPSA) is 113 Å². The standard InChI is InChI=1S/C24H24FN2O5P/c1-16(2)23-21(12-13-33(31,32)15-20(28)14-22(29)30)24(17-8-10-18(25)11-9-17)27(26-23)19-6-4-3-5-7-19/h3-11,16,20,28H,14-15H2,1-2H3,(H,29,30)(H,31,32). The van der Waals surface area contributed by atoms with Gasteiger partial charge in [-0.3, -0.25) is 9.36 Å². The largest absolute Gasteiger partial charge is 0.481 e. The number of hydrogen-bond acceptors (Lipinski definition) is 4. The van der Waals surface area contributed by atoms with Gasteiger partial charge in [0.05, 0.1) is 41.3 Å². The number of rotatable bonds is 7. The summed E-state index contributed by atoms with van der Waals surface area (Å²) >= 11 is 0. The number of aromatic nitrogens is 2. The minimum absolute atomic E-state index is 0.0888. The Kier molecular flexibility index (Phi) is 7.50. The molecule has 0 radical (unpaired) electrons. The molecular weight excluding hydrogens is 446 g/mol. The van der Waals surface area contributed by atoms with E-state index in [9.17, 15) is 23.7 Å². The first kappa shape index (κ1) is 24.4. The molecule has 3 aromatic rings. The van der Waals surface area contributed by atoms with Gasteiger partial charge in [0.25, 0.3) is 7.37 Å². The first-order chi connectivity index (χ1) is 15.6. The lowest BCUT2D eigenvalue weighted by Crippen LogP contribution is -2.17. The molecule has 172 valence electrons. The molecule has 0 saturated heterocycles. The number of nitrogens with zero attached hydrogens (tertiary/aromatic N) is 2. The van der Waals surface area contributed by atoms with E-state index in [2.05, 4.69) is 11.6 Å². The van der Waals surface area contributed by atoms with Crippen LogP contribution in [0, 0.1) is 17.4 Å². The van der Waals surface area contributed by atoms with Crippen LogP contribution in [0.1, 0.15) is 37.4 Å². The predicted molar refractivity (Wildman–Crippen MR) is 123 cm³/mol. The van der Waals surface area contributed by atoms with Crippen LogP contribution in [0.15, 0.2) is 54.6 Å². The number of halogens is 1. The normalized spacial score (nSPS) is 13.8. The number of carboxylic acid groups (broad SMARTS) is 1. The summed E-state index contributed by atoms with van der Waals surface area (Å²) in [6.45, 7) is 3.82. The fraction of sp³-hybridized carbons (Fsp3) is 0.250. The van der Waals surface area contributed by atoms with E-state index in [1.807, 2.05) is 44.2 Å². The quantitative estimate of drug-likeness (QED) is 0.352. The van der Waals surface area contributed by atoms with E-state index < -0.39 is 37.8 Å². The Bertz CT molecular complexity index is 1240. The lowest BCUT2D eigenvalue weighted by molar-refractivity contribution is -0.138. The Morgan fingerprint density at radius 2 is 1.79 bits per heavy atom. The van der Waals surface area contributed by atoms with Gasteiger partial charge >= 0.3 is 5.97 Å². The maximum Gasteiger partial charge on any atom is 0.305 e. The van der Waals surface area contributed by atoms with Gasteiger partial charge in [0.15, 0.2) is 0 Å². The monoisotopic (exact) mass is 470 g/mol. The minimum Gasteiger partial charge on any atom is -0.481 e. The molecule has 3 N–H and O–H groups in total. The zero-order valence-corrected chi connectivity index (χ0v) is 19.0. The first-order valence-corrected chi connectivity index (χ1v) is 12.1. The average molecular weight is 470 g/mol. The molecule has 7 nitrogen and oxygen atoms in total. The van der Waals surface area contributed by atoms with E-state index in [1.165, 1.54) is 12.1 Å². The highest BCUT2D eigenvalue weighted by molar-refractivity contribution is 7.63. The number of aliphatic hydroxyl groups is 1. The highest BCUT2D eigenvalue weighted by Crippen LogP contribution is 2.41. The van der Waals surface area contributed by atoms with Crippen molar-refractivity contribution >= 4 is 13.3 Å². The van der Waals surface area contributed by atoms with Crippen molar-refractivity contribution in [3.8, 4) is 28.5 Å². The van der Waals surface area contributed by atoms with E-state index in [0.29, 0.717) is 22.5 Å². The van der Waals surface area contributed by atoms with Crippen LogP contribution in [0.25, 0.3) is 16.9 Å². The van der Waals surface area contributed by atoms with Crippen LogP contribution < -0.4 is 0 Å². The Morgan fingerprint density at radius 3 is 2.36 bits per heavy atom. The van der Waals surface area contributed by atoms with Crippen molar-refractivity contribution in [1.29, 1.82) is 0 Å². The summed E-state index contributed by atoms with van der Waals surface area (Å²) in [7, 11) is -4.17. The molecule has 1 heterocycles.